The zero-order valence-corrected chi connectivity index (χ0v) is 55.9. The van der Waals surface area contributed by atoms with Crippen LogP contribution in [0.4, 0.5) is 0 Å². The maximum absolute atomic E-state index is 13.6. The van der Waals surface area contributed by atoms with Crippen molar-refractivity contribution in [1.82, 2.24) is 5.32 Å². The van der Waals surface area contributed by atoms with Crippen LogP contribution in [0.5, 0.6) is 0 Å². The van der Waals surface area contributed by atoms with Crippen LogP contribution >= 0.6 is 7.82 Å². The first-order valence-electron chi connectivity index (χ1n) is 35.1. The van der Waals surface area contributed by atoms with Crippen molar-refractivity contribution in [3.8, 4) is 0 Å². The van der Waals surface area contributed by atoms with Gasteiger partial charge in [0.15, 0.2) is 0 Å². The summed E-state index contributed by atoms with van der Waals surface area (Å²) in [6, 6.07) is -0.848. The quantitative estimate of drug-likeness (QED) is 0.0205. The smallest absolute Gasteiger partial charge is 0.456 e. The first-order valence-corrected chi connectivity index (χ1v) is 36.6. The van der Waals surface area contributed by atoms with Crippen molar-refractivity contribution < 1.29 is 37.3 Å². The molecule has 0 saturated carbocycles. The van der Waals surface area contributed by atoms with E-state index >= 15 is 0 Å². The number of nitrogens with zero attached hydrogens (tertiary/aromatic N) is 1. The van der Waals surface area contributed by atoms with E-state index in [4.69, 9.17) is 13.8 Å². The molecule has 0 aliphatic rings. The van der Waals surface area contributed by atoms with E-state index in [1.54, 1.807) is 0 Å². The fourth-order valence-corrected chi connectivity index (χ4v) is 11.0. The van der Waals surface area contributed by atoms with Crippen LogP contribution in [-0.4, -0.2) is 74.3 Å². The summed E-state index contributed by atoms with van der Waals surface area (Å²) in [6.45, 7) is 7.02. The van der Waals surface area contributed by atoms with Crippen LogP contribution in [0.2, 0.25) is 0 Å². The summed E-state index contributed by atoms with van der Waals surface area (Å²) in [4.78, 5) is 37.9. The number of allylic oxidation sites excluding steroid dienone is 9. The number of ether oxygens (including phenoxy) is 1. The first-order chi connectivity index (χ1) is 39.9. The third-order valence-corrected chi connectivity index (χ3v) is 16.7. The Balaban J connectivity index is 5.04. The lowest BCUT2D eigenvalue weighted by molar-refractivity contribution is -0.870. The van der Waals surface area contributed by atoms with Gasteiger partial charge in [-0.2, -0.15) is 0 Å². The lowest BCUT2D eigenvalue weighted by Crippen LogP contribution is -2.47. The largest absolute Gasteiger partial charge is 0.472 e. The summed E-state index contributed by atoms with van der Waals surface area (Å²) < 4.78 is 30.8. The summed E-state index contributed by atoms with van der Waals surface area (Å²) in [5.41, 5.74) is 0. The maximum Gasteiger partial charge on any atom is 0.472 e. The summed E-state index contributed by atoms with van der Waals surface area (Å²) in [5.74, 6) is -0.495. The van der Waals surface area contributed by atoms with E-state index in [2.05, 4.69) is 74.7 Å². The molecule has 10 heteroatoms. The van der Waals surface area contributed by atoms with Crippen molar-refractivity contribution in [3.63, 3.8) is 0 Å². The molecule has 0 rings (SSSR count). The third-order valence-electron chi connectivity index (χ3n) is 15.7. The van der Waals surface area contributed by atoms with E-state index in [9.17, 15) is 19.0 Å². The van der Waals surface area contributed by atoms with Crippen LogP contribution in [0.15, 0.2) is 60.8 Å². The number of rotatable bonds is 64. The average molecular weight is 1170 g/mol. The molecule has 0 aromatic rings. The number of hydrogen-bond donors (Lipinski definition) is 2. The molecule has 82 heavy (non-hydrogen) atoms. The molecule has 0 spiro atoms. The summed E-state index contributed by atoms with van der Waals surface area (Å²) in [5, 5.41) is 3.07. The molecule has 0 heterocycles. The normalized spacial score (nSPS) is 13.9. The highest BCUT2D eigenvalue weighted by Crippen LogP contribution is 2.43. The summed E-state index contributed by atoms with van der Waals surface area (Å²) >= 11 is 0. The molecule has 0 aliphatic carbocycles. The van der Waals surface area contributed by atoms with Crippen LogP contribution in [0.25, 0.3) is 0 Å². The van der Waals surface area contributed by atoms with Gasteiger partial charge in [-0.15, -0.1) is 0 Å². The molecule has 0 bridgehead atoms. The molecule has 1 amide bonds. The second kappa shape index (κ2) is 61.8. The summed E-state index contributed by atoms with van der Waals surface area (Å²) in [6.07, 6.45) is 79.4. The van der Waals surface area contributed by atoms with Gasteiger partial charge < -0.3 is 19.4 Å². The van der Waals surface area contributed by atoms with Gasteiger partial charge in [-0.05, 0) is 76.7 Å². The second-order valence-corrected chi connectivity index (χ2v) is 26.5. The standard InChI is InChI=1S/C72H135N2O7P/c1-7-10-13-16-19-22-25-28-30-32-33-34-35-36-37-38-39-40-41-43-45-47-50-53-56-59-62-65-72(76)81-70(63-60-57-54-51-48-27-24-21-18-15-12-9-3)69(68-80-82(77,78)79-67-66-74(4,5)6)73-71(75)64-61-58-55-52-49-46-44-42-31-29-26-23-20-17-14-11-8-2/h19,22,28,30,33-34,36-37,60,63,69-70H,7-18,20-21,23-27,29,31-32,35,38-59,61-62,64-68H2,1-6H3,(H-,73,75,77,78)/p+1/b22-19-,30-28-,34-33-,37-36-,63-60+. The van der Waals surface area contributed by atoms with E-state index in [0.29, 0.717) is 17.4 Å². The number of carbonyl (C=O) groups excluding carboxylic acids is 2. The molecule has 2 N–H and O–H groups in total. The zero-order valence-electron chi connectivity index (χ0n) is 55.0. The Labute approximate surface area is 509 Å². The van der Waals surface area contributed by atoms with Gasteiger partial charge in [-0.1, -0.05) is 307 Å². The van der Waals surface area contributed by atoms with Gasteiger partial charge in [0.05, 0.1) is 33.8 Å². The Kier molecular flexibility index (Phi) is 60.1. The minimum atomic E-state index is -4.45. The SMILES string of the molecule is CCCCC/C=C\C/C=C\C/C=C\C/C=C\CCCCCCCCCCCCCC(=O)OC(/C=C/CCCCCCCCCCCC)C(COP(=O)(O)OCC[N+](C)(C)C)NC(=O)CCCCCCCCCCCCCCCCCCC. The van der Waals surface area contributed by atoms with E-state index in [1.807, 2.05) is 33.3 Å². The fraction of sp³-hybridized carbons (Fsp3) is 0.833. The number of nitrogens with one attached hydrogen (secondary N) is 1. The highest BCUT2D eigenvalue weighted by molar-refractivity contribution is 7.47. The molecule has 480 valence electrons. The van der Waals surface area contributed by atoms with Gasteiger partial charge in [0.2, 0.25) is 5.91 Å². The topological polar surface area (TPSA) is 111 Å². The minimum Gasteiger partial charge on any atom is -0.456 e. The number of carbonyl (C=O) groups is 2. The van der Waals surface area contributed by atoms with Crippen LogP contribution in [-0.2, 0) is 27.9 Å². The number of unbranched alkanes of at least 4 members (excludes halogenated alkanes) is 40. The Morgan fingerprint density at radius 2 is 0.744 bits per heavy atom. The van der Waals surface area contributed by atoms with Gasteiger partial charge in [0.25, 0.3) is 0 Å². The predicted molar refractivity (Wildman–Crippen MR) is 355 cm³/mol. The van der Waals surface area contributed by atoms with Crippen LogP contribution in [0.1, 0.15) is 335 Å². The van der Waals surface area contributed by atoms with Crippen molar-refractivity contribution in [2.75, 3.05) is 40.9 Å². The van der Waals surface area contributed by atoms with Crippen molar-refractivity contribution >= 4 is 19.7 Å². The van der Waals surface area contributed by atoms with E-state index in [1.165, 1.54) is 225 Å². The number of quaternary nitrogens is 1. The van der Waals surface area contributed by atoms with Crippen molar-refractivity contribution in [1.29, 1.82) is 0 Å². The number of phosphoric ester groups is 1. The molecule has 0 aromatic heterocycles. The Morgan fingerprint density at radius 3 is 1.13 bits per heavy atom. The Hall–Kier alpha value is -2.29. The molecule has 0 aliphatic heterocycles. The molecule has 0 aromatic carbocycles. The monoisotopic (exact) mass is 1170 g/mol. The number of likely N-dealkylation sites (N-methyl/N-ethyl adjacent to an activating group) is 1. The zero-order chi connectivity index (χ0) is 60.0. The molecular weight excluding hydrogens is 1040 g/mol. The van der Waals surface area contributed by atoms with Gasteiger partial charge in [-0.25, -0.2) is 4.57 Å². The predicted octanol–water partition coefficient (Wildman–Crippen LogP) is 22.2. The number of esters is 1. The molecule has 0 saturated heterocycles. The van der Waals surface area contributed by atoms with Gasteiger partial charge in [0, 0.05) is 12.8 Å². The molecule has 0 radical (unpaired) electrons. The van der Waals surface area contributed by atoms with Gasteiger partial charge in [-0.3, -0.25) is 18.6 Å². The van der Waals surface area contributed by atoms with E-state index in [-0.39, 0.29) is 31.5 Å². The molecular formula is C72H136N2O7P+. The van der Waals surface area contributed by atoms with Crippen LogP contribution in [0.3, 0.4) is 0 Å². The van der Waals surface area contributed by atoms with E-state index in [0.717, 1.165) is 77.0 Å². The van der Waals surface area contributed by atoms with Crippen LogP contribution < -0.4 is 5.32 Å². The fourth-order valence-electron chi connectivity index (χ4n) is 10.3. The van der Waals surface area contributed by atoms with E-state index < -0.39 is 20.0 Å². The van der Waals surface area contributed by atoms with Gasteiger partial charge >= 0.3 is 13.8 Å². The first kappa shape index (κ1) is 79.7. The van der Waals surface area contributed by atoms with Crippen molar-refractivity contribution in [2.45, 2.75) is 348 Å². The molecule has 9 nitrogen and oxygen atoms in total. The summed E-state index contributed by atoms with van der Waals surface area (Å²) in [7, 11) is 1.50. The molecule has 3 atom stereocenters. The number of amides is 1. The third kappa shape index (κ3) is 62.2. The highest BCUT2D eigenvalue weighted by Gasteiger charge is 2.30. The van der Waals surface area contributed by atoms with Crippen LogP contribution in [0, 0.1) is 0 Å². The van der Waals surface area contributed by atoms with Crippen molar-refractivity contribution in [3.05, 3.63) is 60.8 Å². The maximum atomic E-state index is 13.6. The van der Waals surface area contributed by atoms with Crippen molar-refractivity contribution in [2.24, 2.45) is 0 Å². The lowest BCUT2D eigenvalue weighted by atomic mass is 10.0. The molecule has 0 fully saturated rings. The number of hydrogen-bond acceptors (Lipinski definition) is 6. The highest BCUT2D eigenvalue weighted by atomic mass is 31.2. The number of phosphoric acid groups is 1. The lowest BCUT2D eigenvalue weighted by Gasteiger charge is -2.27. The van der Waals surface area contributed by atoms with Gasteiger partial charge in [0.1, 0.15) is 19.3 Å². The average Bonchev–Trinajstić information content (AvgIpc) is 3.44. The second-order valence-electron chi connectivity index (χ2n) is 25.1. The molecule has 3 unspecified atom stereocenters. The Bertz CT molecular complexity index is 1590. The Morgan fingerprint density at radius 1 is 0.427 bits per heavy atom. The minimum absolute atomic E-state index is 0.0407.